The average molecular weight is 565 g/mol. The van der Waals surface area contributed by atoms with E-state index in [0.717, 1.165) is 57.1 Å². The fraction of sp³-hybridized carbons (Fsp3) is 0.567. The first-order valence-electron chi connectivity index (χ1n) is 14.1. The van der Waals surface area contributed by atoms with Crippen LogP contribution in [0.2, 0.25) is 0 Å². The lowest BCUT2D eigenvalue weighted by molar-refractivity contribution is -0.119. The summed E-state index contributed by atoms with van der Waals surface area (Å²) in [7, 11) is -3.65. The van der Waals surface area contributed by atoms with E-state index in [-0.39, 0.29) is 47.9 Å². The molecule has 1 atom stereocenters. The number of carbonyl (C=O) groups excluding carboxylic acids is 1. The maximum Gasteiger partial charge on any atom is 0.235 e. The second-order valence-electron chi connectivity index (χ2n) is 11.3. The van der Waals surface area contributed by atoms with E-state index in [2.05, 4.69) is 4.90 Å². The quantitative estimate of drug-likeness (QED) is 0.330. The summed E-state index contributed by atoms with van der Waals surface area (Å²) in [5.41, 5.74) is 0.561. The topological polar surface area (TPSA) is 57.7 Å². The summed E-state index contributed by atoms with van der Waals surface area (Å²) in [5.74, 6) is -1.53. The van der Waals surface area contributed by atoms with Crippen LogP contribution in [0.3, 0.4) is 0 Å². The summed E-state index contributed by atoms with van der Waals surface area (Å²) in [6, 6.07) is 8.97. The van der Waals surface area contributed by atoms with Crippen molar-refractivity contribution in [2.45, 2.75) is 70.8 Å². The van der Waals surface area contributed by atoms with Gasteiger partial charge in [0, 0.05) is 31.5 Å². The Labute approximate surface area is 230 Å². The molecule has 0 aromatic heterocycles. The summed E-state index contributed by atoms with van der Waals surface area (Å²) < 4.78 is 69.7. The molecule has 0 unspecified atom stereocenters. The maximum atomic E-state index is 14.1. The highest BCUT2D eigenvalue weighted by molar-refractivity contribution is 7.92. The molecule has 1 aliphatic heterocycles. The number of hydrogen-bond donors (Lipinski definition) is 0. The minimum atomic E-state index is -3.65. The molecule has 1 heterocycles. The predicted molar refractivity (Wildman–Crippen MR) is 148 cm³/mol. The number of anilines is 1. The van der Waals surface area contributed by atoms with Gasteiger partial charge in [-0.25, -0.2) is 21.6 Å². The van der Waals surface area contributed by atoms with Crippen LogP contribution in [0.15, 0.2) is 42.5 Å². The van der Waals surface area contributed by atoms with Crippen molar-refractivity contribution in [1.29, 1.82) is 0 Å². The molecule has 1 aliphatic carbocycles. The molecule has 0 N–H and O–H groups in total. The zero-order valence-electron chi connectivity index (χ0n) is 22.6. The standard InChI is InChI=1S/C30H39F3N2O3S/c1-22(34-14-12-23(13-15-34)16-29(36)17-25-10-11-27(32)19-30(25)33)20-35(28-9-5-8-26(31)18-28)39(37,38)21-24-6-3-2-4-7-24/h5,8-11,18-19,22-24H,2-4,6-7,12-17,20-21H2,1H3/t22-/m1/s1. The number of ketones is 1. The molecule has 2 aliphatic rings. The molecule has 1 saturated heterocycles. The lowest BCUT2D eigenvalue weighted by Gasteiger charge is -2.38. The van der Waals surface area contributed by atoms with Gasteiger partial charge in [-0.05, 0) is 87.4 Å². The third kappa shape index (κ3) is 8.30. The van der Waals surface area contributed by atoms with Crippen molar-refractivity contribution in [2.24, 2.45) is 11.8 Å². The van der Waals surface area contributed by atoms with Crippen molar-refractivity contribution in [2.75, 3.05) is 29.7 Å². The summed E-state index contributed by atoms with van der Waals surface area (Å²) in [6.45, 7) is 3.64. The molecule has 214 valence electrons. The van der Waals surface area contributed by atoms with Gasteiger partial charge in [-0.3, -0.25) is 14.0 Å². The number of sulfonamides is 1. The first-order chi connectivity index (χ1) is 18.6. The number of piperidine rings is 1. The largest absolute Gasteiger partial charge is 0.299 e. The molecule has 2 fully saturated rings. The van der Waals surface area contributed by atoms with E-state index >= 15 is 0 Å². The van der Waals surface area contributed by atoms with Crippen LogP contribution in [0.25, 0.3) is 0 Å². The lowest BCUT2D eigenvalue weighted by Crippen LogP contribution is -2.48. The van der Waals surface area contributed by atoms with Gasteiger partial charge in [0.25, 0.3) is 0 Å². The van der Waals surface area contributed by atoms with Crippen LogP contribution in [0.5, 0.6) is 0 Å². The number of likely N-dealkylation sites (tertiary alicyclic amines) is 1. The number of Topliss-reactive ketones (excluding diaryl/α,β-unsaturated/α-hetero) is 1. The van der Waals surface area contributed by atoms with Gasteiger partial charge in [0.2, 0.25) is 10.0 Å². The van der Waals surface area contributed by atoms with E-state index in [0.29, 0.717) is 25.2 Å². The molecular formula is C30H39F3N2O3S. The predicted octanol–water partition coefficient (Wildman–Crippen LogP) is 6.12. The van der Waals surface area contributed by atoms with Crippen LogP contribution in [-0.4, -0.2) is 50.5 Å². The van der Waals surface area contributed by atoms with Crippen LogP contribution in [-0.2, 0) is 21.2 Å². The van der Waals surface area contributed by atoms with Gasteiger partial charge in [-0.1, -0.05) is 31.4 Å². The number of hydrogen-bond acceptors (Lipinski definition) is 4. The van der Waals surface area contributed by atoms with Crippen molar-refractivity contribution in [1.82, 2.24) is 4.90 Å². The van der Waals surface area contributed by atoms with Crippen LogP contribution < -0.4 is 4.31 Å². The highest BCUT2D eigenvalue weighted by Gasteiger charge is 2.32. The van der Waals surface area contributed by atoms with Crippen LogP contribution in [0.4, 0.5) is 18.9 Å². The monoisotopic (exact) mass is 564 g/mol. The highest BCUT2D eigenvalue weighted by atomic mass is 32.2. The van der Waals surface area contributed by atoms with Crippen LogP contribution in [0.1, 0.15) is 63.9 Å². The van der Waals surface area contributed by atoms with E-state index in [1.54, 1.807) is 12.1 Å². The molecule has 2 aromatic carbocycles. The van der Waals surface area contributed by atoms with Crippen molar-refractivity contribution < 1.29 is 26.4 Å². The zero-order chi connectivity index (χ0) is 28.0. The summed E-state index contributed by atoms with van der Waals surface area (Å²) in [5, 5.41) is 0. The molecule has 1 saturated carbocycles. The normalized spacial score (nSPS) is 18.7. The smallest absolute Gasteiger partial charge is 0.235 e. The Morgan fingerprint density at radius 2 is 1.64 bits per heavy atom. The number of benzene rings is 2. The summed E-state index contributed by atoms with van der Waals surface area (Å²) in [4.78, 5) is 14.8. The number of carbonyl (C=O) groups is 1. The molecule has 2 aromatic rings. The first-order valence-corrected chi connectivity index (χ1v) is 15.7. The van der Waals surface area contributed by atoms with E-state index in [1.165, 1.54) is 22.5 Å². The van der Waals surface area contributed by atoms with Gasteiger partial charge in [-0.2, -0.15) is 0 Å². The molecule has 0 amide bonds. The Bertz CT molecular complexity index is 1230. The van der Waals surface area contributed by atoms with Crippen molar-refractivity contribution in [3.8, 4) is 0 Å². The molecule has 0 radical (unpaired) electrons. The lowest BCUT2D eigenvalue weighted by atomic mass is 9.89. The molecule has 0 spiro atoms. The van der Waals surface area contributed by atoms with Gasteiger partial charge in [0.05, 0.1) is 11.4 Å². The number of rotatable bonds is 11. The molecule has 39 heavy (non-hydrogen) atoms. The third-order valence-corrected chi connectivity index (χ3v) is 10.1. The van der Waals surface area contributed by atoms with E-state index in [1.807, 2.05) is 6.92 Å². The molecule has 4 rings (SSSR count). The SMILES string of the molecule is C[C@H](CN(c1cccc(F)c1)S(=O)(=O)CC1CCCCC1)N1CCC(CC(=O)Cc2ccc(F)cc2F)CC1. The van der Waals surface area contributed by atoms with Gasteiger partial charge >= 0.3 is 0 Å². The fourth-order valence-electron chi connectivity index (χ4n) is 5.98. The maximum absolute atomic E-state index is 14.1. The minimum Gasteiger partial charge on any atom is -0.299 e. The summed E-state index contributed by atoms with van der Waals surface area (Å²) in [6.07, 6.45) is 6.89. The Morgan fingerprint density at radius 3 is 2.31 bits per heavy atom. The third-order valence-electron chi connectivity index (χ3n) is 8.22. The van der Waals surface area contributed by atoms with E-state index in [9.17, 15) is 26.4 Å². The molecule has 9 heteroatoms. The molecular weight excluding hydrogens is 525 g/mol. The Kier molecular flexibility index (Phi) is 10.1. The van der Waals surface area contributed by atoms with Crippen LogP contribution in [0, 0.1) is 29.3 Å². The zero-order valence-corrected chi connectivity index (χ0v) is 23.4. The minimum absolute atomic E-state index is 0.0514. The average Bonchev–Trinajstić information content (AvgIpc) is 2.89. The molecule has 0 bridgehead atoms. The highest BCUT2D eigenvalue weighted by Crippen LogP contribution is 2.29. The van der Waals surface area contributed by atoms with Crippen molar-refractivity contribution in [3.63, 3.8) is 0 Å². The van der Waals surface area contributed by atoms with E-state index in [4.69, 9.17) is 0 Å². The van der Waals surface area contributed by atoms with Crippen molar-refractivity contribution >= 4 is 21.5 Å². The first kappa shape index (κ1) is 29.6. The van der Waals surface area contributed by atoms with E-state index < -0.39 is 27.5 Å². The van der Waals surface area contributed by atoms with Gasteiger partial charge < -0.3 is 0 Å². The van der Waals surface area contributed by atoms with Gasteiger partial charge in [-0.15, -0.1) is 0 Å². The molecule has 5 nitrogen and oxygen atoms in total. The van der Waals surface area contributed by atoms with Gasteiger partial charge in [0.15, 0.2) is 0 Å². The Balaban J connectivity index is 1.35. The number of halogens is 3. The Morgan fingerprint density at radius 1 is 0.949 bits per heavy atom. The number of nitrogens with zero attached hydrogens (tertiary/aromatic N) is 2. The summed E-state index contributed by atoms with van der Waals surface area (Å²) >= 11 is 0. The second kappa shape index (κ2) is 13.3. The second-order valence-corrected chi connectivity index (χ2v) is 13.2. The fourth-order valence-corrected chi connectivity index (χ4v) is 7.96. The Hall–Kier alpha value is -2.39. The van der Waals surface area contributed by atoms with Gasteiger partial charge in [0.1, 0.15) is 23.2 Å². The van der Waals surface area contributed by atoms with Crippen LogP contribution >= 0.6 is 0 Å². The van der Waals surface area contributed by atoms with Crippen molar-refractivity contribution in [3.05, 3.63) is 65.5 Å².